The molecule has 0 saturated carbocycles. The van der Waals surface area contributed by atoms with E-state index in [-0.39, 0.29) is 5.82 Å². The van der Waals surface area contributed by atoms with Crippen molar-refractivity contribution in [2.75, 3.05) is 22.8 Å². The van der Waals surface area contributed by atoms with Gasteiger partial charge in [0.2, 0.25) is 0 Å². The van der Waals surface area contributed by atoms with Gasteiger partial charge >= 0.3 is 16.2 Å². The Kier molecular flexibility index (Phi) is 6.06. The molecule has 1 aromatic heterocycles. The molecular weight excluding hydrogens is 464 g/mol. The van der Waals surface area contributed by atoms with Gasteiger partial charge in [0.1, 0.15) is 0 Å². The number of aromatic nitrogens is 1. The third-order valence-corrected chi connectivity index (χ3v) is 9.01. The topological polar surface area (TPSA) is 115 Å². The zero-order valence-corrected chi connectivity index (χ0v) is 20.1. The number of hydroxylamine groups is 1. The van der Waals surface area contributed by atoms with E-state index in [0.717, 1.165) is 54.0 Å². The minimum Gasteiger partial charge on any atom is -0.740 e. The zero-order chi connectivity index (χ0) is 23.2. The van der Waals surface area contributed by atoms with Crippen molar-refractivity contribution in [1.82, 2.24) is 9.45 Å². The van der Waals surface area contributed by atoms with Gasteiger partial charge in [-0.15, -0.1) is 11.3 Å². The summed E-state index contributed by atoms with van der Waals surface area (Å²) in [6, 6.07) is 0.525. The van der Waals surface area contributed by atoms with Crippen LogP contribution in [0.3, 0.4) is 0 Å². The smallest absolute Gasteiger partial charge is 0.326 e. The fourth-order valence-corrected chi connectivity index (χ4v) is 7.16. The number of fused-ring (bicyclic) bond motifs is 2. The Labute approximate surface area is 197 Å². The number of amides is 2. The average Bonchev–Trinajstić information content (AvgIpc) is 3.55. The summed E-state index contributed by atoms with van der Waals surface area (Å²) in [5.41, 5.74) is 5.08. The van der Waals surface area contributed by atoms with E-state index >= 15 is 0 Å². The van der Waals surface area contributed by atoms with E-state index in [1.807, 2.05) is 0 Å². The number of anilines is 2. The second-order valence-electron chi connectivity index (χ2n) is 8.76. The third-order valence-electron chi connectivity index (χ3n) is 6.68. The summed E-state index contributed by atoms with van der Waals surface area (Å²) in [5.74, 6) is 0.166. The van der Waals surface area contributed by atoms with Crippen LogP contribution in [-0.2, 0) is 40.6 Å². The molecule has 2 aromatic rings. The van der Waals surface area contributed by atoms with Crippen molar-refractivity contribution in [3.05, 3.63) is 43.9 Å². The maximum atomic E-state index is 13.4. The fourth-order valence-electron chi connectivity index (χ4n) is 5.17. The number of hydrogen-bond donors (Lipinski definition) is 1. The highest BCUT2D eigenvalue weighted by Gasteiger charge is 2.37. The SMILES string of the molecule is Cc1nc(N(C2CCOCC2)S(=O)(=O)N([O-])C(=O)Nc2c3c(cc4c2CCC4)CCC3)cs1. The molecule has 2 heterocycles. The molecule has 1 aromatic carbocycles. The number of carbonyl (C=O) groups excluding carboxylic acids is 1. The van der Waals surface area contributed by atoms with E-state index < -0.39 is 26.8 Å². The fraction of sp³-hybridized carbons (Fsp3) is 0.545. The molecule has 0 unspecified atom stereocenters. The molecule has 1 fully saturated rings. The summed E-state index contributed by atoms with van der Waals surface area (Å²) in [6.07, 6.45) is 6.32. The van der Waals surface area contributed by atoms with Gasteiger partial charge in [0.05, 0.1) is 11.0 Å². The highest BCUT2D eigenvalue weighted by Crippen LogP contribution is 2.39. The molecule has 9 nitrogen and oxygen atoms in total. The van der Waals surface area contributed by atoms with Gasteiger partial charge in [-0.2, -0.15) is 8.42 Å². The first-order chi connectivity index (χ1) is 15.9. The van der Waals surface area contributed by atoms with Gasteiger partial charge < -0.3 is 15.3 Å². The van der Waals surface area contributed by atoms with E-state index in [0.29, 0.717) is 36.8 Å². The van der Waals surface area contributed by atoms with Crippen LogP contribution in [0.5, 0.6) is 0 Å². The van der Waals surface area contributed by atoms with Crippen molar-refractivity contribution < 1.29 is 17.9 Å². The summed E-state index contributed by atoms with van der Waals surface area (Å²) in [6.45, 7) is 2.53. The van der Waals surface area contributed by atoms with Crippen LogP contribution in [0.4, 0.5) is 16.3 Å². The number of benzene rings is 1. The molecule has 5 rings (SSSR count). The third kappa shape index (κ3) is 4.11. The second kappa shape index (κ2) is 8.86. The van der Waals surface area contributed by atoms with Crippen LogP contribution in [0.1, 0.15) is 52.9 Å². The standard InChI is InChI=1S/C22H27N4O5S2/c1-14-23-20(13-32-14)25(17-8-10-31-11-9-17)33(29,30)26(28)22(27)24-21-18-6-2-4-15(18)12-16-5-3-7-19(16)21/h12-13,17H,2-11H2,1H3,(H,24,27)/q-1. The van der Waals surface area contributed by atoms with Gasteiger partial charge in [-0.05, 0) is 80.5 Å². The molecule has 0 radical (unpaired) electrons. The maximum absolute atomic E-state index is 13.4. The van der Waals surface area contributed by atoms with E-state index in [4.69, 9.17) is 4.74 Å². The molecule has 1 N–H and O–H groups in total. The minimum atomic E-state index is -4.70. The number of aryl methyl sites for hydroxylation is 3. The molecule has 2 aliphatic carbocycles. The normalized spacial score (nSPS) is 18.1. The largest absolute Gasteiger partial charge is 0.740 e. The van der Waals surface area contributed by atoms with Gasteiger partial charge in [-0.25, -0.2) is 14.1 Å². The number of carbonyl (C=O) groups is 1. The van der Waals surface area contributed by atoms with Crippen molar-refractivity contribution in [2.45, 2.75) is 64.3 Å². The zero-order valence-electron chi connectivity index (χ0n) is 18.5. The van der Waals surface area contributed by atoms with Gasteiger partial charge in [-0.3, -0.25) is 4.47 Å². The lowest BCUT2D eigenvalue weighted by atomic mass is 9.99. The van der Waals surface area contributed by atoms with Gasteiger partial charge in [0.25, 0.3) is 0 Å². The monoisotopic (exact) mass is 491 g/mol. The summed E-state index contributed by atoms with van der Waals surface area (Å²) in [5, 5.41) is 18.0. The van der Waals surface area contributed by atoms with Crippen molar-refractivity contribution in [3.63, 3.8) is 0 Å². The molecule has 1 aliphatic heterocycles. The van der Waals surface area contributed by atoms with Crippen molar-refractivity contribution >= 4 is 39.1 Å². The number of ether oxygens (including phenoxy) is 1. The lowest BCUT2D eigenvalue weighted by molar-refractivity contribution is 0.0873. The molecule has 1 saturated heterocycles. The van der Waals surface area contributed by atoms with Crippen LogP contribution in [0, 0.1) is 12.1 Å². The number of thiazole rings is 1. The number of hydrogen-bond acceptors (Lipinski definition) is 7. The molecule has 33 heavy (non-hydrogen) atoms. The lowest BCUT2D eigenvalue weighted by Crippen LogP contribution is -2.51. The van der Waals surface area contributed by atoms with Crippen molar-refractivity contribution in [3.8, 4) is 0 Å². The lowest BCUT2D eigenvalue weighted by Gasteiger charge is -2.39. The number of nitrogens with one attached hydrogen (secondary N) is 1. The maximum Gasteiger partial charge on any atom is 0.326 e. The van der Waals surface area contributed by atoms with Crippen molar-refractivity contribution in [1.29, 1.82) is 0 Å². The van der Waals surface area contributed by atoms with E-state index in [9.17, 15) is 18.4 Å². The van der Waals surface area contributed by atoms with E-state index in [1.54, 1.807) is 12.3 Å². The molecule has 3 aliphatic rings. The number of urea groups is 1. The Bertz CT molecular complexity index is 1140. The summed E-state index contributed by atoms with van der Waals surface area (Å²) < 4.78 is 32.8. The highest BCUT2D eigenvalue weighted by atomic mass is 32.2. The first-order valence-corrected chi connectivity index (χ1v) is 13.6. The van der Waals surface area contributed by atoms with E-state index in [2.05, 4.69) is 16.4 Å². The highest BCUT2D eigenvalue weighted by molar-refractivity contribution is 7.91. The Morgan fingerprint density at radius 1 is 1.15 bits per heavy atom. The summed E-state index contributed by atoms with van der Waals surface area (Å²) >= 11 is 1.29. The first-order valence-electron chi connectivity index (χ1n) is 11.4. The predicted octanol–water partition coefficient (Wildman–Crippen LogP) is 3.69. The molecule has 0 bridgehead atoms. The Morgan fingerprint density at radius 2 is 1.79 bits per heavy atom. The summed E-state index contributed by atoms with van der Waals surface area (Å²) in [7, 11) is -4.70. The average molecular weight is 492 g/mol. The second-order valence-corrected chi connectivity index (χ2v) is 11.4. The van der Waals surface area contributed by atoms with Crippen LogP contribution >= 0.6 is 11.3 Å². The number of nitrogens with zero attached hydrogens (tertiary/aromatic N) is 3. The van der Waals surface area contributed by atoms with Crippen LogP contribution in [0.25, 0.3) is 0 Å². The molecular formula is C22H27N4O5S2-. The van der Waals surface area contributed by atoms with Crippen LogP contribution < -0.4 is 9.62 Å². The Hall–Kier alpha value is -2.21. The first kappa shape index (κ1) is 22.6. The molecule has 2 amide bonds. The molecule has 0 spiro atoms. The molecule has 0 atom stereocenters. The van der Waals surface area contributed by atoms with Crippen LogP contribution in [0.2, 0.25) is 0 Å². The molecule has 178 valence electrons. The van der Waals surface area contributed by atoms with Crippen LogP contribution in [-0.4, -0.2) is 43.2 Å². The quantitative estimate of drug-likeness (QED) is 0.638. The van der Waals surface area contributed by atoms with Crippen LogP contribution in [0.15, 0.2) is 11.4 Å². The van der Waals surface area contributed by atoms with Gasteiger partial charge in [0, 0.05) is 24.3 Å². The minimum absolute atomic E-state index is 0.166. The predicted molar refractivity (Wildman–Crippen MR) is 127 cm³/mol. The van der Waals surface area contributed by atoms with E-state index in [1.165, 1.54) is 22.5 Å². The summed E-state index contributed by atoms with van der Waals surface area (Å²) in [4.78, 5) is 17.3. The Morgan fingerprint density at radius 3 is 2.36 bits per heavy atom. The van der Waals surface area contributed by atoms with Gasteiger partial charge in [-0.1, -0.05) is 6.07 Å². The Balaban J connectivity index is 1.45. The van der Waals surface area contributed by atoms with Crippen molar-refractivity contribution in [2.24, 2.45) is 0 Å². The molecule has 11 heteroatoms. The number of rotatable bonds is 5. The van der Waals surface area contributed by atoms with Gasteiger partial charge in [0.15, 0.2) is 5.82 Å².